The van der Waals surface area contributed by atoms with E-state index in [1.165, 1.54) is 18.1 Å². The molecule has 92 valence electrons. The van der Waals surface area contributed by atoms with Gasteiger partial charge in [0, 0.05) is 4.90 Å². The van der Waals surface area contributed by atoms with Crippen LogP contribution < -0.4 is 0 Å². The molecule has 0 saturated carbocycles. The second-order valence-corrected chi connectivity index (χ2v) is 5.03. The molecule has 0 aliphatic heterocycles. The van der Waals surface area contributed by atoms with Gasteiger partial charge in [0.15, 0.2) is 5.65 Å². The number of nitrogens with zero attached hydrogens (tertiary/aromatic N) is 4. The van der Waals surface area contributed by atoms with Gasteiger partial charge in [0.2, 0.25) is 0 Å². The van der Waals surface area contributed by atoms with Crippen molar-refractivity contribution >= 4 is 22.9 Å². The van der Waals surface area contributed by atoms with Gasteiger partial charge in [-0.2, -0.15) is 5.26 Å². The fourth-order valence-electron chi connectivity index (χ4n) is 1.76. The summed E-state index contributed by atoms with van der Waals surface area (Å²) in [6.45, 7) is 1.92. The molecule has 0 unspecified atom stereocenters. The van der Waals surface area contributed by atoms with Crippen molar-refractivity contribution in [3.8, 4) is 6.07 Å². The average molecular weight is 267 g/mol. The van der Waals surface area contributed by atoms with Crippen molar-refractivity contribution in [2.24, 2.45) is 0 Å². The van der Waals surface area contributed by atoms with E-state index in [9.17, 15) is 0 Å². The van der Waals surface area contributed by atoms with Crippen molar-refractivity contribution in [2.45, 2.75) is 16.8 Å². The number of rotatable bonds is 2. The molecular formula is C13H9N5S. The number of fused-ring (bicyclic) bond motifs is 1. The van der Waals surface area contributed by atoms with Crippen molar-refractivity contribution < 1.29 is 0 Å². The van der Waals surface area contributed by atoms with Crippen LogP contribution in [0.15, 0.2) is 40.8 Å². The fourth-order valence-corrected chi connectivity index (χ4v) is 2.70. The van der Waals surface area contributed by atoms with Crippen LogP contribution in [-0.2, 0) is 0 Å². The summed E-state index contributed by atoms with van der Waals surface area (Å²) < 4.78 is 0. The molecule has 2 heterocycles. The lowest BCUT2D eigenvalue weighted by atomic mass is 10.1. The number of aryl methyl sites for hydroxylation is 1. The second kappa shape index (κ2) is 4.71. The Morgan fingerprint density at radius 2 is 2.16 bits per heavy atom. The van der Waals surface area contributed by atoms with Crippen LogP contribution in [0.3, 0.4) is 0 Å². The van der Waals surface area contributed by atoms with Gasteiger partial charge in [-0.3, -0.25) is 0 Å². The smallest absolute Gasteiger partial charge is 0.181 e. The third kappa shape index (κ3) is 2.16. The van der Waals surface area contributed by atoms with Gasteiger partial charge in [0.25, 0.3) is 0 Å². The normalized spacial score (nSPS) is 10.5. The van der Waals surface area contributed by atoms with Crippen molar-refractivity contribution in [2.75, 3.05) is 0 Å². The lowest BCUT2D eigenvalue weighted by Crippen LogP contribution is -1.87. The Bertz CT molecular complexity index is 787. The number of H-pyrrole nitrogens is 1. The van der Waals surface area contributed by atoms with E-state index in [1.807, 2.05) is 25.1 Å². The van der Waals surface area contributed by atoms with E-state index in [4.69, 9.17) is 5.26 Å². The van der Waals surface area contributed by atoms with E-state index in [1.54, 1.807) is 6.33 Å². The van der Waals surface area contributed by atoms with E-state index in [2.05, 4.69) is 26.0 Å². The molecule has 0 saturated heterocycles. The van der Waals surface area contributed by atoms with E-state index in [0.717, 1.165) is 21.0 Å². The molecule has 0 radical (unpaired) electrons. The summed E-state index contributed by atoms with van der Waals surface area (Å²) in [6, 6.07) is 7.88. The first kappa shape index (κ1) is 11.7. The van der Waals surface area contributed by atoms with Gasteiger partial charge in [-0.15, -0.1) is 0 Å². The summed E-state index contributed by atoms with van der Waals surface area (Å²) >= 11 is 1.52. The topological polar surface area (TPSA) is 78.2 Å². The summed E-state index contributed by atoms with van der Waals surface area (Å²) in [5.41, 5.74) is 3.14. The standard InChI is InChI=1S/C13H9N5S/c1-8-4-10(3-2-9(8)5-14)19-13-11-12(16-6-15-11)17-7-18-13/h2-4,6-7H,1H3,(H,15,16,17,18). The fraction of sp³-hybridized carbons (Fsp3) is 0.0769. The molecule has 0 aliphatic rings. The first-order chi connectivity index (χ1) is 9.28. The second-order valence-electron chi connectivity index (χ2n) is 3.97. The Balaban J connectivity index is 1.99. The number of aromatic amines is 1. The van der Waals surface area contributed by atoms with Gasteiger partial charge in [0.05, 0.1) is 18.0 Å². The molecule has 0 fully saturated rings. The maximum absolute atomic E-state index is 8.92. The largest absolute Gasteiger partial charge is 0.341 e. The molecule has 1 N–H and O–H groups in total. The predicted octanol–water partition coefficient (Wildman–Crippen LogP) is 2.68. The van der Waals surface area contributed by atoms with Crippen molar-refractivity contribution in [1.82, 2.24) is 19.9 Å². The number of nitriles is 1. The zero-order valence-electron chi connectivity index (χ0n) is 10.1. The maximum Gasteiger partial charge on any atom is 0.181 e. The van der Waals surface area contributed by atoms with E-state index < -0.39 is 0 Å². The van der Waals surface area contributed by atoms with E-state index in [0.29, 0.717) is 11.2 Å². The summed E-state index contributed by atoms with van der Waals surface area (Å²) in [4.78, 5) is 16.5. The highest BCUT2D eigenvalue weighted by Crippen LogP contribution is 2.30. The molecule has 0 atom stereocenters. The highest BCUT2D eigenvalue weighted by atomic mass is 32.2. The number of aromatic nitrogens is 4. The Morgan fingerprint density at radius 1 is 1.26 bits per heavy atom. The van der Waals surface area contributed by atoms with Crippen LogP contribution in [0.2, 0.25) is 0 Å². The molecular weight excluding hydrogens is 258 g/mol. The van der Waals surface area contributed by atoms with Crippen LogP contribution in [0.5, 0.6) is 0 Å². The van der Waals surface area contributed by atoms with Crippen molar-refractivity contribution in [1.29, 1.82) is 5.26 Å². The number of nitrogens with one attached hydrogen (secondary N) is 1. The first-order valence-electron chi connectivity index (χ1n) is 5.60. The van der Waals surface area contributed by atoms with Crippen LogP contribution in [0.25, 0.3) is 11.2 Å². The Labute approximate surface area is 113 Å². The van der Waals surface area contributed by atoms with E-state index >= 15 is 0 Å². The van der Waals surface area contributed by atoms with Crippen LogP contribution >= 0.6 is 11.8 Å². The molecule has 1 aromatic carbocycles. The number of hydrogen-bond acceptors (Lipinski definition) is 5. The first-order valence-corrected chi connectivity index (χ1v) is 6.42. The zero-order chi connectivity index (χ0) is 13.2. The van der Waals surface area contributed by atoms with Gasteiger partial charge >= 0.3 is 0 Å². The number of benzene rings is 1. The quantitative estimate of drug-likeness (QED) is 0.722. The van der Waals surface area contributed by atoms with Gasteiger partial charge in [-0.05, 0) is 30.7 Å². The lowest BCUT2D eigenvalue weighted by molar-refractivity contribution is 1.08. The van der Waals surface area contributed by atoms with Gasteiger partial charge < -0.3 is 4.98 Å². The lowest BCUT2D eigenvalue weighted by Gasteiger charge is -2.03. The van der Waals surface area contributed by atoms with Crippen LogP contribution in [0.1, 0.15) is 11.1 Å². The van der Waals surface area contributed by atoms with E-state index in [-0.39, 0.29) is 0 Å². The SMILES string of the molecule is Cc1cc(Sc2ncnc3nc[nH]c23)ccc1C#N. The summed E-state index contributed by atoms with van der Waals surface area (Å²) in [5, 5.41) is 9.75. The number of hydrogen-bond donors (Lipinski definition) is 1. The molecule has 0 amide bonds. The third-order valence-corrected chi connectivity index (χ3v) is 3.71. The molecule has 19 heavy (non-hydrogen) atoms. The van der Waals surface area contributed by atoms with Gasteiger partial charge in [0.1, 0.15) is 16.9 Å². The molecule has 0 aliphatic carbocycles. The summed E-state index contributed by atoms with van der Waals surface area (Å²) in [7, 11) is 0. The number of imidazole rings is 1. The molecule has 2 aromatic heterocycles. The van der Waals surface area contributed by atoms with Crippen LogP contribution in [0.4, 0.5) is 0 Å². The Hall–Kier alpha value is -2.39. The highest BCUT2D eigenvalue weighted by molar-refractivity contribution is 7.99. The minimum Gasteiger partial charge on any atom is -0.341 e. The average Bonchev–Trinajstić information content (AvgIpc) is 2.88. The Kier molecular flexibility index (Phi) is 2.89. The highest BCUT2D eigenvalue weighted by Gasteiger charge is 2.08. The molecule has 3 rings (SSSR count). The third-order valence-electron chi connectivity index (χ3n) is 2.72. The van der Waals surface area contributed by atoms with Crippen molar-refractivity contribution in [3.63, 3.8) is 0 Å². The molecule has 6 heteroatoms. The minimum absolute atomic E-state index is 0.655. The van der Waals surface area contributed by atoms with Gasteiger partial charge in [-0.1, -0.05) is 11.8 Å². The summed E-state index contributed by atoms with van der Waals surface area (Å²) in [5.74, 6) is 0. The maximum atomic E-state index is 8.92. The van der Waals surface area contributed by atoms with Gasteiger partial charge in [-0.25, -0.2) is 15.0 Å². The zero-order valence-corrected chi connectivity index (χ0v) is 10.9. The van der Waals surface area contributed by atoms with Crippen LogP contribution in [-0.4, -0.2) is 19.9 Å². The minimum atomic E-state index is 0.655. The molecule has 0 spiro atoms. The monoisotopic (exact) mass is 267 g/mol. The molecule has 0 bridgehead atoms. The van der Waals surface area contributed by atoms with Crippen molar-refractivity contribution in [3.05, 3.63) is 42.0 Å². The molecule has 5 nitrogen and oxygen atoms in total. The van der Waals surface area contributed by atoms with Crippen LogP contribution in [0, 0.1) is 18.3 Å². The predicted molar refractivity (Wildman–Crippen MR) is 71.7 cm³/mol. The Morgan fingerprint density at radius 3 is 2.95 bits per heavy atom. The summed E-state index contributed by atoms with van der Waals surface area (Å²) in [6.07, 6.45) is 3.11. The molecule has 3 aromatic rings.